The van der Waals surface area contributed by atoms with Crippen molar-refractivity contribution in [1.29, 1.82) is 0 Å². The molecule has 0 saturated carbocycles. The third-order valence-corrected chi connectivity index (χ3v) is 5.94. The summed E-state index contributed by atoms with van der Waals surface area (Å²) in [6.07, 6.45) is 2.18. The second kappa shape index (κ2) is 9.02. The first-order chi connectivity index (χ1) is 14.6. The summed E-state index contributed by atoms with van der Waals surface area (Å²) in [6, 6.07) is 13.3. The van der Waals surface area contributed by atoms with Crippen LogP contribution in [0.5, 0.6) is 0 Å². The first kappa shape index (κ1) is 20.0. The largest absolute Gasteiger partial charge is 0.326 e. The Hall–Kier alpha value is -3.30. The van der Waals surface area contributed by atoms with Crippen LogP contribution in [0, 0.1) is 6.92 Å². The second-order valence-corrected chi connectivity index (χ2v) is 8.50. The van der Waals surface area contributed by atoms with E-state index in [1.54, 1.807) is 27.6 Å². The monoisotopic (exact) mass is 437 g/mol. The van der Waals surface area contributed by atoms with Gasteiger partial charge in [-0.15, -0.1) is 22.7 Å². The van der Waals surface area contributed by atoms with Gasteiger partial charge < -0.3 is 10.6 Å². The zero-order chi connectivity index (χ0) is 20.9. The van der Waals surface area contributed by atoms with Crippen molar-refractivity contribution in [3.63, 3.8) is 0 Å². The molecule has 9 heteroatoms. The maximum atomic E-state index is 12.4. The summed E-state index contributed by atoms with van der Waals surface area (Å²) in [7, 11) is 0. The normalized spacial score (nSPS) is 10.7. The summed E-state index contributed by atoms with van der Waals surface area (Å²) < 4.78 is 1.81. The zero-order valence-corrected chi connectivity index (χ0v) is 17.8. The number of carbonyl (C=O) groups is 2. The van der Waals surface area contributed by atoms with Gasteiger partial charge in [0.25, 0.3) is 0 Å². The highest BCUT2D eigenvalue weighted by Gasteiger charge is 2.12. The Morgan fingerprint density at radius 1 is 1.03 bits per heavy atom. The van der Waals surface area contributed by atoms with Crippen molar-refractivity contribution in [1.82, 2.24) is 14.8 Å². The number of carbonyl (C=O) groups excluding carboxylic acids is 2. The van der Waals surface area contributed by atoms with Crippen LogP contribution in [0.15, 0.2) is 59.4 Å². The fourth-order valence-corrected chi connectivity index (χ4v) is 4.34. The number of hydrogen-bond donors (Lipinski definition) is 2. The molecule has 4 aromatic rings. The molecule has 0 unspecified atom stereocenters. The van der Waals surface area contributed by atoms with Gasteiger partial charge >= 0.3 is 0 Å². The molecule has 4 rings (SSSR count). The van der Waals surface area contributed by atoms with Gasteiger partial charge in [-0.2, -0.15) is 5.10 Å². The molecule has 3 heterocycles. The maximum Gasteiger partial charge on any atom is 0.231 e. The summed E-state index contributed by atoms with van der Waals surface area (Å²) in [5, 5.41) is 14.2. The van der Waals surface area contributed by atoms with Crippen molar-refractivity contribution in [2.75, 3.05) is 10.6 Å². The minimum Gasteiger partial charge on any atom is -0.326 e. The van der Waals surface area contributed by atoms with Crippen LogP contribution in [0.4, 0.5) is 10.8 Å². The SMILES string of the molecule is Cc1ccnn1-c1cccc(NC(=O)Cc2csc(NC(=O)Cc3cccs3)n2)c1. The molecular formula is C21H19N5O2S2. The van der Waals surface area contributed by atoms with E-state index in [2.05, 4.69) is 20.7 Å². The van der Waals surface area contributed by atoms with E-state index < -0.39 is 0 Å². The van der Waals surface area contributed by atoms with E-state index >= 15 is 0 Å². The van der Waals surface area contributed by atoms with Crippen LogP contribution < -0.4 is 10.6 Å². The van der Waals surface area contributed by atoms with Gasteiger partial charge in [-0.05, 0) is 42.6 Å². The van der Waals surface area contributed by atoms with Crippen molar-refractivity contribution in [2.24, 2.45) is 0 Å². The third kappa shape index (κ3) is 5.00. The Balaban J connectivity index is 1.34. The number of thiazole rings is 1. The number of benzene rings is 1. The average molecular weight is 438 g/mol. The number of hydrogen-bond acceptors (Lipinski definition) is 6. The molecule has 0 aliphatic carbocycles. The van der Waals surface area contributed by atoms with Gasteiger partial charge in [-0.3, -0.25) is 9.59 Å². The Morgan fingerprint density at radius 2 is 1.90 bits per heavy atom. The van der Waals surface area contributed by atoms with Crippen LogP contribution in [0.25, 0.3) is 5.69 Å². The van der Waals surface area contributed by atoms with Crippen molar-refractivity contribution in [3.8, 4) is 5.69 Å². The van der Waals surface area contributed by atoms with Crippen LogP contribution in [0.3, 0.4) is 0 Å². The van der Waals surface area contributed by atoms with E-state index in [0.29, 0.717) is 22.9 Å². The Kier molecular flexibility index (Phi) is 6.01. The molecule has 0 saturated heterocycles. The Morgan fingerprint density at radius 3 is 2.67 bits per heavy atom. The Labute approximate surface area is 181 Å². The molecule has 30 heavy (non-hydrogen) atoms. The van der Waals surface area contributed by atoms with Gasteiger partial charge in [0.05, 0.1) is 24.2 Å². The minimum absolute atomic E-state index is 0.117. The molecule has 7 nitrogen and oxygen atoms in total. The summed E-state index contributed by atoms with van der Waals surface area (Å²) in [5.74, 6) is -0.292. The number of aryl methyl sites for hydroxylation is 1. The number of nitrogens with zero attached hydrogens (tertiary/aromatic N) is 3. The number of thiophene rings is 1. The maximum absolute atomic E-state index is 12.4. The third-order valence-electron chi connectivity index (χ3n) is 4.26. The highest BCUT2D eigenvalue weighted by atomic mass is 32.1. The molecule has 0 atom stereocenters. The number of rotatable bonds is 7. The van der Waals surface area contributed by atoms with Gasteiger partial charge in [0.15, 0.2) is 5.13 Å². The van der Waals surface area contributed by atoms with Crippen LogP contribution in [0.2, 0.25) is 0 Å². The molecule has 0 bridgehead atoms. The number of nitrogens with one attached hydrogen (secondary N) is 2. The van der Waals surface area contributed by atoms with Crippen molar-refractivity contribution in [3.05, 3.63) is 75.7 Å². The molecule has 1 aromatic carbocycles. The van der Waals surface area contributed by atoms with Gasteiger partial charge in [0.2, 0.25) is 11.8 Å². The average Bonchev–Trinajstić information content (AvgIpc) is 3.45. The van der Waals surface area contributed by atoms with Crippen molar-refractivity contribution < 1.29 is 9.59 Å². The lowest BCUT2D eigenvalue weighted by Gasteiger charge is -2.08. The number of aromatic nitrogens is 3. The van der Waals surface area contributed by atoms with Crippen molar-refractivity contribution >= 4 is 45.3 Å². The molecule has 2 amide bonds. The highest BCUT2D eigenvalue weighted by Crippen LogP contribution is 2.19. The number of anilines is 2. The molecular weight excluding hydrogens is 418 g/mol. The summed E-state index contributed by atoms with van der Waals surface area (Å²) in [5.41, 5.74) is 3.18. The molecule has 0 fully saturated rings. The molecule has 0 radical (unpaired) electrons. The van der Waals surface area contributed by atoms with Gasteiger partial charge in [-0.1, -0.05) is 12.1 Å². The van der Waals surface area contributed by atoms with E-state index in [1.165, 1.54) is 11.3 Å². The predicted octanol–water partition coefficient (Wildman–Crippen LogP) is 4.06. The van der Waals surface area contributed by atoms with E-state index in [-0.39, 0.29) is 18.2 Å². The minimum atomic E-state index is -0.175. The summed E-state index contributed by atoms with van der Waals surface area (Å²) in [6.45, 7) is 1.97. The lowest BCUT2D eigenvalue weighted by atomic mass is 10.2. The first-order valence-electron chi connectivity index (χ1n) is 9.24. The molecule has 0 aliphatic rings. The molecule has 0 spiro atoms. The number of amides is 2. The highest BCUT2D eigenvalue weighted by molar-refractivity contribution is 7.14. The molecule has 2 N–H and O–H groups in total. The zero-order valence-electron chi connectivity index (χ0n) is 16.2. The summed E-state index contributed by atoms with van der Waals surface area (Å²) in [4.78, 5) is 29.9. The Bertz CT molecular complexity index is 1160. The van der Waals surface area contributed by atoms with Gasteiger partial charge in [0, 0.05) is 27.8 Å². The fraction of sp³-hybridized carbons (Fsp3) is 0.143. The first-order valence-corrected chi connectivity index (χ1v) is 11.0. The van der Waals surface area contributed by atoms with Gasteiger partial charge in [-0.25, -0.2) is 9.67 Å². The fourth-order valence-electron chi connectivity index (χ4n) is 2.91. The van der Waals surface area contributed by atoms with Crippen LogP contribution in [-0.2, 0) is 22.4 Å². The van der Waals surface area contributed by atoms with Crippen LogP contribution >= 0.6 is 22.7 Å². The second-order valence-electron chi connectivity index (χ2n) is 6.61. The van der Waals surface area contributed by atoms with E-state index in [9.17, 15) is 9.59 Å². The van der Waals surface area contributed by atoms with Gasteiger partial charge in [0.1, 0.15) is 0 Å². The van der Waals surface area contributed by atoms with E-state index in [4.69, 9.17) is 0 Å². The smallest absolute Gasteiger partial charge is 0.231 e. The molecule has 0 aliphatic heterocycles. The van der Waals surface area contributed by atoms with Crippen LogP contribution in [-0.4, -0.2) is 26.6 Å². The predicted molar refractivity (Wildman–Crippen MR) is 119 cm³/mol. The topological polar surface area (TPSA) is 88.9 Å². The lowest BCUT2D eigenvalue weighted by molar-refractivity contribution is -0.116. The van der Waals surface area contributed by atoms with E-state index in [0.717, 1.165) is 16.3 Å². The summed E-state index contributed by atoms with van der Waals surface area (Å²) >= 11 is 2.85. The quantitative estimate of drug-likeness (QED) is 0.456. The molecule has 152 valence electrons. The standard InChI is InChI=1S/C21H19N5O2S2/c1-14-7-8-22-26(14)17-5-2-4-15(10-17)23-19(27)11-16-13-30-21(24-16)25-20(28)12-18-6-3-9-29-18/h2-10,13H,11-12H2,1H3,(H,23,27)(H,24,25,28). The van der Waals surface area contributed by atoms with Crippen LogP contribution in [0.1, 0.15) is 16.3 Å². The van der Waals surface area contributed by atoms with E-state index in [1.807, 2.05) is 54.8 Å². The lowest BCUT2D eigenvalue weighted by Crippen LogP contribution is -2.16. The van der Waals surface area contributed by atoms with Crippen molar-refractivity contribution in [2.45, 2.75) is 19.8 Å². The molecule has 3 aromatic heterocycles.